The maximum Gasteiger partial charge on any atom is 0.416 e. The van der Waals surface area contributed by atoms with Crippen molar-refractivity contribution in [1.82, 2.24) is 28.9 Å². The Kier molecular flexibility index (Phi) is 7.91. The Bertz CT molecular complexity index is 1940. The third-order valence-electron chi connectivity index (χ3n) is 8.56. The van der Waals surface area contributed by atoms with Gasteiger partial charge in [0.05, 0.1) is 41.0 Å². The molecule has 3 aromatic heterocycles. The maximum atomic E-state index is 14.4. The van der Waals surface area contributed by atoms with Crippen molar-refractivity contribution < 1.29 is 39.6 Å². The van der Waals surface area contributed by atoms with Crippen molar-refractivity contribution in [1.29, 1.82) is 0 Å². The van der Waals surface area contributed by atoms with Gasteiger partial charge in [0, 0.05) is 18.8 Å². The smallest absolute Gasteiger partial charge is 0.291 e. The first-order valence-electron chi connectivity index (χ1n) is 14.2. The summed E-state index contributed by atoms with van der Waals surface area (Å²) in [5.41, 5.74) is -0.727. The van der Waals surface area contributed by atoms with Crippen LogP contribution in [0.2, 0.25) is 0 Å². The van der Waals surface area contributed by atoms with E-state index in [1.807, 2.05) is 0 Å². The number of nitrogens with zero attached hydrogens (tertiary/aromatic N) is 6. The Morgan fingerprint density at radius 3 is 2.52 bits per heavy atom. The van der Waals surface area contributed by atoms with Crippen LogP contribution in [0.15, 0.2) is 71.7 Å². The third kappa shape index (κ3) is 5.42. The van der Waals surface area contributed by atoms with Crippen LogP contribution in [0.4, 0.5) is 26.3 Å². The topological polar surface area (TPSA) is 103 Å². The molecule has 2 aliphatic carbocycles. The zero-order valence-electron chi connectivity index (χ0n) is 24.1. The maximum absolute atomic E-state index is 14.4. The quantitative estimate of drug-likeness (QED) is 0.167. The van der Waals surface area contributed by atoms with Crippen LogP contribution in [0.3, 0.4) is 0 Å². The van der Waals surface area contributed by atoms with E-state index >= 15 is 0 Å². The molecule has 2 aliphatic rings. The van der Waals surface area contributed by atoms with Gasteiger partial charge in [-0.1, -0.05) is 12.5 Å². The van der Waals surface area contributed by atoms with Gasteiger partial charge in [-0.15, -0.1) is 0 Å². The number of aromatic nitrogens is 5. The number of hydrogen-bond acceptors (Lipinski definition) is 6. The molecule has 1 aromatic carbocycles. The molecule has 46 heavy (non-hydrogen) atoms. The Hall–Kier alpha value is -4.31. The van der Waals surface area contributed by atoms with Crippen molar-refractivity contribution in [3.63, 3.8) is 0 Å². The second-order valence-corrected chi connectivity index (χ2v) is 13.1. The van der Waals surface area contributed by atoms with Gasteiger partial charge in [0.2, 0.25) is 10.0 Å². The highest BCUT2D eigenvalue weighted by Crippen LogP contribution is 2.51. The van der Waals surface area contributed by atoms with Crippen LogP contribution in [-0.4, -0.2) is 55.6 Å². The van der Waals surface area contributed by atoms with E-state index in [-0.39, 0.29) is 36.9 Å². The number of allylic oxidation sites excluding steroid dienone is 1. The highest BCUT2D eigenvalue weighted by molar-refractivity contribution is 7.89. The monoisotopic (exact) mass is 664 g/mol. The molecule has 0 aliphatic heterocycles. The van der Waals surface area contributed by atoms with Crippen LogP contribution in [-0.2, 0) is 22.6 Å². The fourth-order valence-electron chi connectivity index (χ4n) is 6.41. The number of Topliss-reactive ketones (excluding diaryl/α,β-unsaturated/α-hetero) is 1. The number of halogens is 6. The molecule has 0 amide bonds. The van der Waals surface area contributed by atoms with Gasteiger partial charge in [-0.3, -0.25) is 9.78 Å². The van der Waals surface area contributed by atoms with Crippen LogP contribution >= 0.6 is 0 Å². The molecule has 6 rings (SSSR count). The minimum Gasteiger partial charge on any atom is -0.291 e. The van der Waals surface area contributed by atoms with Crippen LogP contribution < -0.4 is 0 Å². The molecule has 242 valence electrons. The molecule has 0 saturated heterocycles. The minimum atomic E-state index is -4.74. The molecule has 4 aromatic rings. The van der Waals surface area contributed by atoms with Gasteiger partial charge < -0.3 is 0 Å². The molecule has 1 saturated carbocycles. The third-order valence-corrected chi connectivity index (χ3v) is 10.5. The van der Waals surface area contributed by atoms with Crippen molar-refractivity contribution >= 4 is 21.9 Å². The van der Waals surface area contributed by atoms with E-state index in [1.54, 1.807) is 17.7 Å². The van der Waals surface area contributed by atoms with Crippen molar-refractivity contribution in [2.45, 2.75) is 56.3 Å². The lowest BCUT2D eigenvalue weighted by molar-refractivity contribution is -0.137. The van der Waals surface area contributed by atoms with E-state index in [1.165, 1.54) is 30.5 Å². The van der Waals surface area contributed by atoms with Crippen molar-refractivity contribution in [2.75, 3.05) is 6.54 Å². The molecule has 9 nitrogen and oxygen atoms in total. The van der Waals surface area contributed by atoms with Crippen molar-refractivity contribution in [3.8, 4) is 5.69 Å². The van der Waals surface area contributed by atoms with Crippen LogP contribution in [0.5, 0.6) is 0 Å². The highest BCUT2D eigenvalue weighted by Gasteiger charge is 2.52. The number of fused-ring (bicyclic) bond motifs is 2. The number of carbonyl (C=O) groups excluding carboxylic acids is 1. The second kappa shape index (κ2) is 11.5. The van der Waals surface area contributed by atoms with Crippen LogP contribution in [0, 0.1) is 11.2 Å². The number of sulfonamides is 1. The van der Waals surface area contributed by atoms with Crippen LogP contribution in [0.1, 0.15) is 60.0 Å². The van der Waals surface area contributed by atoms with Gasteiger partial charge in [-0.25, -0.2) is 22.2 Å². The molecule has 0 bridgehead atoms. The highest BCUT2D eigenvalue weighted by atomic mass is 32.2. The molecule has 16 heteroatoms. The molecule has 0 unspecified atom stereocenters. The average molecular weight is 665 g/mol. The van der Waals surface area contributed by atoms with Gasteiger partial charge in [0.1, 0.15) is 16.4 Å². The summed E-state index contributed by atoms with van der Waals surface area (Å²) in [4.78, 5) is 17.9. The lowest BCUT2D eigenvalue weighted by Crippen LogP contribution is -2.50. The zero-order valence-corrected chi connectivity index (χ0v) is 24.9. The van der Waals surface area contributed by atoms with E-state index in [9.17, 15) is 39.6 Å². The predicted molar refractivity (Wildman–Crippen MR) is 152 cm³/mol. The fourth-order valence-corrected chi connectivity index (χ4v) is 8.02. The molecule has 2 atom stereocenters. The number of hydrogen-bond donors (Lipinski definition) is 0. The van der Waals surface area contributed by atoms with E-state index in [0.717, 1.165) is 29.0 Å². The van der Waals surface area contributed by atoms with E-state index < -0.39 is 62.0 Å². The first-order valence-corrected chi connectivity index (χ1v) is 15.6. The summed E-state index contributed by atoms with van der Waals surface area (Å²) in [6.07, 6.45) is 1.22. The van der Waals surface area contributed by atoms with E-state index in [0.29, 0.717) is 28.6 Å². The minimum absolute atomic E-state index is 0.0243. The van der Waals surface area contributed by atoms with Gasteiger partial charge in [-0.2, -0.15) is 36.5 Å². The number of benzene rings is 1. The SMILES string of the molecule is CCN([C@H]1CCC2=Cc3c(cnn3-c3ccc(F)cc3)C[C@]2(C(=O)c2cc(C(F)(F)F)ccn2)C1)S(=O)(=O)c1cnn(C(F)F)c1. The summed E-state index contributed by atoms with van der Waals surface area (Å²) in [6, 6.07) is 6.19. The molecule has 0 radical (unpaired) electrons. The molecule has 1 fully saturated rings. The Morgan fingerprint density at radius 1 is 1.13 bits per heavy atom. The Labute approximate surface area is 259 Å². The number of carbonyl (C=O) groups is 1. The number of pyridine rings is 1. The molecule has 0 N–H and O–H groups in total. The van der Waals surface area contributed by atoms with Gasteiger partial charge in [0.25, 0.3) is 0 Å². The average Bonchev–Trinajstić information content (AvgIpc) is 3.68. The zero-order chi connectivity index (χ0) is 33.0. The first kappa shape index (κ1) is 31.7. The normalized spacial score (nSPS) is 20.0. The van der Waals surface area contributed by atoms with Crippen molar-refractivity contribution in [2.24, 2.45) is 5.41 Å². The summed E-state index contributed by atoms with van der Waals surface area (Å²) in [7, 11) is -4.37. The summed E-state index contributed by atoms with van der Waals surface area (Å²) in [6.45, 7) is -1.57. The van der Waals surface area contributed by atoms with E-state index in [4.69, 9.17) is 0 Å². The van der Waals surface area contributed by atoms with Gasteiger partial charge in [0.15, 0.2) is 5.78 Å². The number of ketones is 1. The largest absolute Gasteiger partial charge is 0.416 e. The first-order chi connectivity index (χ1) is 21.7. The number of rotatable bonds is 8. The lowest BCUT2D eigenvalue weighted by Gasteiger charge is -2.46. The summed E-state index contributed by atoms with van der Waals surface area (Å²) in [5, 5.41) is 7.87. The van der Waals surface area contributed by atoms with Gasteiger partial charge >= 0.3 is 12.7 Å². The molecule has 0 spiro atoms. The van der Waals surface area contributed by atoms with Crippen LogP contribution in [0.25, 0.3) is 11.8 Å². The number of alkyl halides is 5. The fraction of sp³-hybridized carbons (Fsp3) is 0.333. The van der Waals surface area contributed by atoms with Gasteiger partial charge in [-0.05, 0) is 73.7 Å². The molecule has 3 heterocycles. The lowest BCUT2D eigenvalue weighted by atomic mass is 9.60. The van der Waals surface area contributed by atoms with E-state index in [2.05, 4.69) is 15.2 Å². The summed E-state index contributed by atoms with van der Waals surface area (Å²) >= 11 is 0. The second-order valence-electron chi connectivity index (χ2n) is 11.2. The van der Waals surface area contributed by atoms with Crippen molar-refractivity contribution in [3.05, 3.63) is 95.1 Å². The Morgan fingerprint density at radius 2 is 1.87 bits per heavy atom. The molecular formula is C30H26F6N6O3S. The summed E-state index contributed by atoms with van der Waals surface area (Å²) < 4.78 is 111. The predicted octanol–water partition coefficient (Wildman–Crippen LogP) is 6.09. The standard InChI is InChI=1S/C30H26F6N6O3S/c1-2-41(46(44,45)24-16-38-40(17-24)28(32)33)23-6-3-19-12-26-18(15-39-42(26)22-7-4-21(31)5-8-22)13-29(19,14-23)27(43)25-11-20(9-10-37-25)30(34,35)36/h4-5,7-12,15-17,23,28H,2-3,6,13-14H2,1H3/t23-,29-/m0/s1. The molecular weight excluding hydrogens is 638 g/mol. The Balaban J connectivity index is 1.44. The summed E-state index contributed by atoms with van der Waals surface area (Å²) in [5.74, 6) is -1.16.